The van der Waals surface area contributed by atoms with Crippen molar-refractivity contribution in [3.05, 3.63) is 59.3 Å². The van der Waals surface area contributed by atoms with Gasteiger partial charge in [-0.25, -0.2) is 10.5 Å². The highest BCUT2D eigenvalue weighted by atomic mass is 32.1. The maximum atomic E-state index is 10.4. The van der Waals surface area contributed by atoms with Gasteiger partial charge in [-0.1, -0.05) is 18.2 Å². The highest BCUT2D eigenvalue weighted by Gasteiger charge is 2.17. The molecule has 35 heavy (non-hydrogen) atoms. The first-order valence-electron chi connectivity index (χ1n) is 11.6. The second-order valence-corrected chi connectivity index (χ2v) is 9.23. The van der Waals surface area contributed by atoms with Crippen LogP contribution < -0.4 is 10.2 Å². The highest BCUT2D eigenvalue weighted by Crippen LogP contribution is 2.38. The van der Waals surface area contributed by atoms with Crippen molar-refractivity contribution in [1.29, 1.82) is 5.26 Å². The summed E-state index contributed by atoms with van der Waals surface area (Å²) in [5.41, 5.74) is 8.20. The lowest BCUT2D eigenvalue weighted by atomic mass is 10.0. The highest BCUT2D eigenvalue weighted by molar-refractivity contribution is 7.18. The van der Waals surface area contributed by atoms with Crippen LogP contribution in [0, 0.1) is 11.3 Å². The van der Waals surface area contributed by atoms with E-state index in [0.29, 0.717) is 17.9 Å². The molecule has 0 unspecified atom stereocenters. The van der Waals surface area contributed by atoms with Gasteiger partial charge in [-0.3, -0.25) is 4.79 Å². The number of nitrogens with zero attached hydrogens (tertiary/aromatic N) is 2. The number of hydroxylamine groups is 1. The van der Waals surface area contributed by atoms with E-state index in [1.54, 1.807) is 18.4 Å². The summed E-state index contributed by atoms with van der Waals surface area (Å²) in [6.45, 7) is 4.27. The first kappa shape index (κ1) is 26.4. The van der Waals surface area contributed by atoms with Gasteiger partial charge in [0.2, 0.25) is 0 Å². The number of aromatic nitrogens is 1. The normalized spacial score (nSPS) is 11.9. The number of aryl methyl sites for hydroxylation is 1. The number of rotatable bonds is 8. The van der Waals surface area contributed by atoms with Gasteiger partial charge in [0, 0.05) is 18.8 Å². The summed E-state index contributed by atoms with van der Waals surface area (Å²) in [7, 11) is 2.99. The molecule has 0 saturated heterocycles. The molecule has 7 nitrogen and oxygen atoms in total. The van der Waals surface area contributed by atoms with Gasteiger partial charge in [-0.05, 0) is 68.0 Å². The van der Waals surface area contributed by atoms with Crippen LogP contribution in [0.2, 0.25) is 0 Å². The molecule has 0 saturated carbocycles. The van der Waals surface area contributed by atoms with Crippen LogP contribution in [0.4, 0.5) is 0 Å². The summed E-state index contributed by atoms with van der Waals surface area (Å²) in [4.78, 5) is 20.8. The Kier molecular flexibility index (Phi) is 9.79. The van der Waals surface area contributed by atoms with Crippen molar-refractivity contribution in [2.75, 3.05) is 20.8 Å². The van der Waals surface area contributed by atoms with Gasteiger partial charge in [0.05, 0.1) is 36.7 Å². The quantitative estimate of drug-likeness (QED) is 0.258. The van der Waals surface area contributed by atoms with Crippen molar-refractivity contribution >= 4 is 17.3 Å². The number of ether oxygens (including phenoxy) is 2. The third kappa shape index (κ3) is 7.12. The molecule has 0 bridgehead atoms. The number of hydrogen-bond donors (Lipinski definition) is 1. The fourth-order valence-electron chi connectivity index (χ4n) is 3.83. The van der Waals surface area contributed by atoms with E-state index in [9.17, 15) is 10.1 Å². The monoisotopic (exact) mass is 493 g/mol. The Morgan fingerprint density at radius 3 is 2.80 bits per heavy atom. The number of fused-ring (bicyclic) bond motifs is 1. The maximum Gasteiger partial charge on any atom is 0.307 e. The van der Waals surface area contributed by atoms with Gasteiger partial charge < -0.3 is 14.3 Å². The second kappa shape index (κ2) is 13.0. The molecular weight excluding hydrogens is 462 g/mol. The number of carbonyl (C=O) groups is 1. The minimum atomic E-state index is -0.259. The Hall–Kier alpha value is -3.25. The molecule has 0 fully saturated rings. The van der Waals surface area contributed by atoms with Crippen molar-refractivity contribution in [2.45, 2.75) is 45.6 Å². The molecular formula is C27H31N3O4S. The van der Waals surface area contributed by atoms with Crippen LogP contribution in [0.15, 0.2) is 42.6 Å². The lowest BCUT2D eigenvalue weighted by Crippen LogP contribution is -2.12. The van der Waals surface area contributed by atoms with E-state index in [2.05, 4.69) is 44.3 Å². The van der Waals surface area contributed by atoms with Gasteiger partial charge in [0.25, 0.3) is 0 Å². The van der Waals surface area contributed by atoms with Gasteiger partial charge in [-0.15, -0.1) is 11.3 Å². The largest absolute Gasteiger partial charge is 0.490 e. The zero-order valence-corrected chi connectivity index (χ0v) is 21.4. The zero-order chi connectivity index (χ0) is 25.2. The van der Waals surface area contributed by atoms with Crippen molar-refractivity contribution in [2.24, 2.45) is 0 Å². The van der Waals surface area contributed by atoms with Crippen LogP contribution in [-0.4, -0.2) is 37.8 Å². The minimum absolute atomic E-state index is 0.0413. The summed E-state index contributed by atoms with van der Waals surface area (Å²) in [5, 5.41) is 10.4. The molecule has 1 aliphatic rings. The standard InChI is InChI=1S/C22H20N2OS.C5H11NO3/c1-14(2)25-20-10-9-16(11-17(20)12-23)22-24-13-21(26-22)19-8-4-6-15-5-3-7-18(15)19;1-6-9-4-3-5(7)8-2/h4,6,8-11,13-14H,3,5,7H2,1-2H3;6H,3-4H2,1-2H3. The topological polar surface area (TPSA) is 93.5 Å². The summed E-state index contributed by atoms with van der Waals surface area (Å²) in [6.07, 6.45) is 5.85. The van der Waals surface area contributed by atoms with Gasteiger partial charge >= 0.3 is 5.97 Å². The number of hydrogen-bond acceptors (Lipinski definition) is 8. The predicted molar refractivity (Wildman–Crippen MR) is 137 cm³/mol. The number of nitriles is 1. The van der Waals surface area contributed by atoms with Crippen LogP contribution in [0.5, 0.6) is 5.75 Å². The molecule has 0 amide bonds. The Bertz CT molecular complexity index is 1180. The Morgan fingerprint density at radius 2 is 2.09 bits per heavy atom. The average Bonchev–Trinajstić information content (AvgIpc) is 3.54. The van der Waals surface area contributed by atoms with Gasteiger partial charge in [0.1, 0.15) is 16.8 Å². The number of methoxy groups -OCH3 is 1. The number of carbonyl (C=O) groups excluding carboxylic acids is 1. The van der Waals surface area contributed by atoms with Crippen LogP contribution in [-0.2, 0) is 27.2 Å². The van der Waals surface area contributed by atoms with Crippen molar-refractivity contribution < 1.29 is 19.1 Å². The molecule has 0 spiro atoms. The van der Waals surface area contributed by atoms with E-state index in [1.165, 1.54) is 41.5 Å². The lowest BCUT2D eigenvalue weighted by Gasteiger charge is -2.11. The first-order valence-corrected chi connectivity index (χ1v) is 12.4. The van der Waals surface area contributed by atoms with Crippen molar-refractivity contribution in [1.82, 2.24) is 10.5 Å². The summed E-state index contributed by atoms with van der Waals surface area (Å²) in [6, 6.07) is 14.5. The summed E-state index contributed by atoms with van der Waals surface area (Å²) in [5.74, 6) is 0.370. The number of nitrogens with one attached hydrogen (secondary N) is 1. The van der Waals surface area contributed by atoms with E-state index >= 15 is 0 Å². The average molecular weight is 494 g/mol. The molecule has 1 aliphatic carbocycles. The van der Waals surface area contributed by atoms with Gasteiger partial charge in [0.15, 0.2) is 0 Å². The van der Waals surface area contributed by atoms with Crippen LogP contribution >= 0.6 is 11.3 Å². The number of esters is 1. The summed E-state index contributed by atoms with van der Waals surface area (Å²) >= 11 is 1.68. The first-order chi connectivity index (χ1) is 17.0. The van der Waals surface area contributed by atoms with Crippen LogP contribution in [0.1, 0.15) is 43.4 Å². The molecule has 2 aromatic carbocycles. The number of thiazole rings is 1. The van der Waals surface area contributed by atoms with Crippen LogP contribution in [0.25, 0.3) is 21.0 Å². The molecule has 1 N–H and O–H groups in total. The molecule has 3 aromatic rings. The predicted octanol–water partition coefficient (Wildman–Crippen LogP) is 5.33. The molecule has 0 atom stereocenters. The minimum Gasteiger partial charge on any atom is -0.490 e. The fourth-order valence-corrected chi connectivity index (χ4v) is 4.79. The Labute approximate surface area is 210 Å². The molecule has 4 rings (SSSR count). The van der Waals surface area contributed by atoms with E-state index in [4.69, 9.17) is 4.74 Å². The van der Waals surface area contributed by atoms with Gasteiger partial charge in [-0.2, -0.15) is 5.26 Å². The van der Waals surface area contributed by atoms with Crippen LogP contribution in [0.3, 0.4) is 0 Å². The van der Waals surface area contributed by atoms with Crippen molar-refractivity contribution in [3.8, 4) is 32.8 Å². The maximum absolute atomic E-state index is 10.4. The Balaban J connectivity index is 0.000000327. The molecule has 0 aliphatic heterocycles. The van der Waals surface area contributed by atoms with E-state index < -0.39 is 0 Å². The van der Waals surface area contributed by atoms with E-state index in [-0.39, 0.29) is 18.5 Å². The molecule has 1 heterocycles. The molecule has 0 radical (unpaired) electrons. The smallest absolute Gasteiger partial charge is 0.307 e. The zero-order valence-electron chi connectivity index (χ0n) is 20.6. The molecule has 184 valence electrons. The van der Waals surface area contributed by atoms with Crippen molar-refractivity contribution in [3.63, 3.8) is 0 Å². The third-order valence-corrected chi connectivity index (χ3v) is 6.49. The fraction of sp³-hybridized carbons (Fsp3) is 0.370. The number of benzene rings is 2. The lowest BCUT2D eigenvalue weighted by molar-refractivity contribution is -0.142. The Morgan fingerprint density at radius 1 is 1.26 bits per heavy atom. The second-order valence-electron chi connectivity index (χ2n) is 8.19. The van der Waals surface area contributed by atoms with E-state index in [1.807, 2.05) is 38.2 Å². The third-order valence-electron chi connectivity index (χ3n) is 5.41. The van der Waals surface area contributed by atoms with E-state index in [0.717, 1.165) is 17.0 Å². The summed E-state index contributed by atoms with van der Waals surface area (Å²) < 4.78 is 10.1. The SMILES string of the molecule is CC(C)Oc1ccc(-c2ncc(-c3cccc4c3CCC4)s2)cc1C#N.CNOCCC(=O)OC. The molecule has 1 aromatic heterocycles. The molecule has 8 heteroatoms.